The average molecular weight is 317 g/mol. The van der Waals surface area contributed by atoms with Gasteiger partial charge in [0.25, 0.3) is 10.0 Å². The van der Waals surface area contributed by atoms with Crippen LogP contribution in [0.3, 0.4) is 0 Å². The lowest BCUT2D eigenvalue weighted by Gasteiger charge is -2.33. The molecule has 2 unspecified atom stereocenters. The molecule has 1 aliphatic heterocycles. The predicted octanol–water partition coefficient (Wildman–Crippen LogP) is -0.784. The monoisotopic (exact) mass is 317 g/mol. The minimum Gasteiger partial charge on any atom is -0.481 e. The van der Waals surface area contributed by atoms with Gasteiger partial charge in [0, 0.05) is 20.1 Å². The second-order valence-electron chi connectivity index (χ2n) is 4.83. The van der Waals surface area contributed by atoms with Crippen molar-refractivity contribution in [2.24, 2.45) is 18.9 Å². The molecular formula is C11H15N3O6S. The number of piperidine rings is 1. The zero-order valence-electron chi connectivity index (χ0n) is 11.2. The highest BCUT2D eigenvalue weighted by Crippen LogP contribution is 2.28. The van der Waals surface area contributed by atoms with Crippen molar-refractivity contribution in [3.05, 3.63) is 12.3 Å². The van der Waals surface area contributed by atoms with Crippen molar-refractivity contribution in [2.45, 2.75) is 11.4 Å². The second kappa shape index (κ2) is 5.45. The van der Waals surface area contributed by atoms with E-state index in [0.717, 1.165) is 4.31 Å². The number of aromatic nitrogens is 2. The van der Waals surface area contributed by atoms with Crippen molar-refractivity contribution in [3.63, 3.8) is 0 Å². The molecule has 10 heteroatoms. The number of carboxylic acid groups (broad SMARTS) is 2. The van der Waals surface area contributed by atoms with Crippen LogP contribution in [0.15, 0.2) is 17.3 Å². The molecule has 1 aromatic rings. The van der Waals surface area contributed by atoms with Crippen LogP contribution >= 0.6 is 0 Å². The first kappa shape index (κ1) is 15.4. The summed E-state index contributed by atoms with van der Waals surface area (Å²) in [6.07, 6.45) is 1.29. The Kier molecular flexibility index (Phi) is 4.01. The molecule has 1 aliphatic rings. The number of hydrogen-bond donors (Lipinski definition) is 2. The molecule has 1 fully saturated rings. The topological polar surface area (TPSA) is 130 Å². The SMILES string of the molecule is Cn1nccc1S(=O)(=O)N1CCC(C(=O)O)C(C(=O)O)C1. The van der Waals surface area contributed by atoms with Crippen LogP contribution in [0.1, 0.15) is 6.42 Å². The number of aliphatic carboxylic acids is 2. The van der Waals surface area contributed by atoms with Gasteiger partial charge in [-0.05, 0) is 12.5 Å². The maximum Gasteiger partial charge on any atom is 0.308 e. The first-order chi connectivity index (χ1) is 9.75. The van der Waals surface area contributed by atoms with Crippen LogP contribution in [0.2, 0.25) is 0 Å². The van der Waals surface area contributed by atoms with E-state index in [0.29, 0.717) is 0 Å². The molecule has 0 aromatic carbocycles. The Morgan fingerprint density at radius 3 is 2.38 bits per heavy atom. The molecule has 2 heterocycles. The number of nitrogens with zero attached hydrogens (tertiary/aromatic N) is 3. The van der Waals surface area contributed by atoms with Crippen LogP contribution in [0.5, 0.6) is 0 Å². The third kappa shape index (κ3) is 2.76. The Labute approximate surface area is 120 Å². The van der Waals surface area contributed by atoms with Crippen LogP contribution in [-0.4, -0.2) is 57.7 Å². The summed E-state index contributed by atoms with van der Waals surface area (Å²) in [5, 5.41) is 21.9. The van der Waals surface area contributed by atoms with Gasteiger partial charge in [0.05, 0.1) is 18.0 Å². The minimum absolute atomic E-state index is 0.0335. The van der Waals surface area contributed by atoms with E-state index in [1.165, 1.54) is 24.0 Å². The van der Waals surface area contributed by atoms with Gasteiger partial charge in [-0.2, -0.15) is 9.40 Å². The van der Waals surface area contributed by atoms with Crippen LogP contribution < -0.4 is 0 Å². The van der Waals surface area contributed by atoms with E-state index in [1.54, 1.807) is 0 Å². The molecule has 2 atom stereocenters. The Bertz CT molecular complexity index is 667. The van der Waals surface area contributed by atoms with Crippen LogP contribution in [0.4, 0.5) is 0 Å². The summed E-state index contributed by atoms with van der Waals surface area (Å²) in [6, 6.07) is 1.31. The molecule has 0 radical (unpaired) electrons. The lowest BCUT2D eigenvalue weighted by atomic mass is 9.86. The number of carboxylic acids is 2. The summed E-state index contributed by atoms with van der Waals surface area (Å²) < 4.78 is 27.1. The third-order valence-electron chi connectivity index (χ3n) is 3.59. The lowest BCUT2D eigenvalue weighted by Crippen LogP contribution is -2.48. The molecule has 0 bridgehead atoms. The summed E-state index contributed by atoms with van der Waals surface area (Å²) in [5.74, 6) is -4.88. The number of rotatable bonds is 4. The Hall–Kier alpha value is -1.94. The molecule has 2 rings (SSSR count). The van der Waals surface area contributed by atoms with Gasteiger partial charge in [0.15, 0.2) is 5.03 Å². The maximum absolute atomic E-state index is 12.4. The van der Waals surface area contributed by atoms with Gasteiger partial charge in [-0.15, -0.1) is 0 Å². The van der Waals surface area contributed by atoms with Crippen molar-refractivity contribution < 1.29 is 28.2 Å². The van der Waals surface area contributed by atoms with Crippen LogP contribution in [-0.2, 0) is 26.7 Å². The summed E-state index contributed by atoms with van der Waals surface area (Å²) in [6.45, 7) is -0.395. The highest BCUT2D eigenvalue weighted by molar-refractivity contribution is 7.89. The van der Waals surface area contributed by atoms with Crippen LogP contribution in [0.25, 0.3) is 0 Å². The van der Waals surface area contributed by atoms with E-state index < -0.39 is 33.8 Å². The molecule has 1 saturated heterocycles. The zero-order valence-corrected chi connectivity index (χ0v) is 12.0. The van der Waals surface area contributed by atoms with Gasteiger partial charge < -0.3 is 10.2 Å². The van der Waals surface area contributed by atoms with Gasteiger partial charge in [0.1, 0.15) is 0 Å². The zero-order chi connectivity index (χ0) is 15.8. The van der Waals surface area contributed by atoms with E-state index in [1.807, 2.05) is 0 Å². The summed E-state index contributed by atoms with van der Waals surface area (Å²) >= 11 is 0. The first-order valence-electron chi connectivity index (χ1n) is 6.19. The minimum atomic E-state index is -3.89. The van der Waals surface area contributed by atoms with Crippen LogP contribution in [0, 0.1) is 11.8 Å². The second-order valence-corrected chi connectivity index (χ2v) is 6.72. The van der Waals surface area contributed by atoms with Crippen molar-refractivity contribution >= 4 is 22.0 Å². The van der Waals surface area contributed by atoms with Gasteiger partial charge in [-0.3, -0.25) is 14.3 Å². The highest BCUT2D eigenvalue weighted by Gasteiger charge is 2.43. The van der Waals surface area contributed by atoms with Crippen molar-refractivity contribution in [1.82, 2.24) is 14.1 Å². The molecule has 1 aromatic heterocycles. The first-order valence-corrected chi connectivity index (χ1v) is 7.63. The number of aryl methyl sites for hydroxylation is 1. The summed E-state index contributed by atoms with van der Waals surface area (Å²) in [5.41, 5.74) is 0. The van der Waals surface area contributed by atoms with Gasteiger partial charge in [-0.1, -0.05) is 0 Å². The van der Waals surface area contributed by atoms with Crippen molar-refractivity contribution in [1.29, 1.82) is 0 Å². The average Bonchev–Trinajstić information content (AvgIpc) is 2.84. The fourth-order valence-corrected chi connectivity index (χ4v) is 4.01. The lowest BCUT2D eigenvalue weighted by molar-refractivity contribution is -0.156. The van der Waals surface area contributed by atoms with E-state index in [4.69, 9.17) is 10.2 Å². The number of carbonyl (C=O) groups is 2. The third-order valence-corrected chi connectivity index (χ3v) is 5.53. The largest absolute Gasteiger partial charge is 0.481 e. The van der Waals surface area contributed by atoms with Gasteiger partial charge in [-0.25, -0.2) is 8.42 Å². The Morgan fingerprint density at radius 1 is 1.29 bits per heavy atom. The maximum atomic E-state index is 12.4. The molecule has 2 N–H and O–H groups in total. The summed E-state index contributed by atoms with van der Waals surface area (Å²) in [7, 11) is -2.42. The molecular weight excluding hydrogens is 302 g/mol. The Morgan fingerprint density at radius 2 is 1.90 bits per heavy atom. The molecule has 0 saturated carbocycles. The number of hydrogen-bond acceptors (Lipinski definition) is 5. The molecule has 0 spiro atoms. The summed E-state index contributed by atoms with van der Waals surface area (Å²) in [4.78, 5) is 22.3. The van der Waals surface area contributed by atoms with Crippen molar-refractivity contribution in [2.75, 3.05) is 13.1 Å². The van der Waals surface area contributed by atoms with E-state index in [2.05, 4.69) is 5.10 Å². The molecule has 116 valence electrons. The molecule has 0 aliphatic carbocycles. The standard InChI is InChI=1S/C11H15N3O6S/c1-13-9(2-4-12-13)21(19,20)14-5-3-7(10(15)16)8(6-14)11(17)18/h2,4,7-8H,3,5-6H2,1H3,(H,15,16)(H,17,18). The van der Waals surface area contributed by atoms with E-state index in [9.17, 15) is 18.0 Å². The van der Waals surface area contributed by atoms with E-state index >= 15 is 0 Å². The molecule has 0 amide bonds. The Balaban J connectivity index is 2.29. The molecule has 21 heavy (non-hydrogen) atoms. The number of sulfonamides is 1. The van der Waals surface area contributed by atoms with Gasteiger partial charge in [0.2, 0.25) is 0 Å². The highest BCUT2D eigenvalue weighted by atomic mass is 32.2. The smallest absolute Gasteiger partial charge is 0.308 e. The fourth-order valence-electron chi connectivity index (χ4n) is 2.43. The fraction of sp³-hybridized carbons (Fsp3) is 0.545. The van der Waals surface area contributed by atoms with Gasteiger partial charge >= 0.3 is 11.9 Å². The quantitative estimate of drug-likeness (QED) is 0.744. The molecule has 9 nitrogen and oxygen atoms in total. The normalized spacial score (nSPS) is 23.9. The van der Waals surface area contributed by atoms with E-state index in [-0.39, 0.29) is 24.5 Å². The predicted molar refractivity (Wildman–Crippen MR) is 68.8 cm³/mol. The van der Waals surface area contributed by atoms with Crippen molar-refractivity contribution in [3.8, 4) is 0 Å².